The first kappa shape index (κ1) is 23.5. The van der Waals surface area contributed by atoms with Gasteiger partial charge in [-0.2, -0.15) is 18.3 Å². The molecular formula is C24H29F3N6O3. The van der Waals surface area contributed by atoms with E-state index in [2.05, 4.69) is 15.4 Å². The second kappa shape index (κ2) is 8.07. The van der Waals surface area contributed by atoms with E-state index in [1.165, 1.54) is 13.2 Å². The summed E-state index contributed by atoms with van der Waals surface area (Å²) in [5.74, 6) is 0.714. The Morgan fingerprint density at radius 3 is 2.58 bits per heavy atom. The second-order valence-electron chi connectivity index (χ2n) is 10.8. The van der Waals surface area contributed by atoms with Gasteiger partial charge in [-0.05, 0) is 37.8 Å². The molecule has 0 bridgehead atoms. The van der Waals surface area contributed by atoms with Crippen molar-refractivity contribution in [3.63, 3.8) is 0 Å². The Kier molecular flexibility index (Phi) is 5.28. The van der Waals surface area contributed by atoms with Crippen LogP contribution in [-0.2, 0) is 18.3 Å². The number of nitrogens with zero attached hydrogens (tertiary/aromatic N) is 5. The first-order valence-corrected chi connectivity index (χ1v) is 12.2. The lowest BCUT2D eigenvalue weighted by Gasteiger charge is -2.60. The first-order chi connectivity index (χ1) is 17.1. The van der Waals surface area contributed by atoms with Crippen molar-refractivity contribution in [2.75, 3.05) is 33.3 Å². The van der Waals surface area contributed by atoms with Gasteiger partial charge in [0.2, 0.25) is 0 Å². The van der Waals surface area contributed by atoms with Crippen molar-refractivity contribution in [1.82, 2.24) is 29.9 Å². The Bertz CT molecular complexity index is 1160. The minimum atomic E-state index is -4.41. The van der Waals surface area contributed by atoms with Crippen LogP contribution in [0.15, 0.2) is 24.5 Å². The fourth-order valence-corrected chi connectivity index (χ4v) is 5.57. The summed E-state index contributed by atoms with van der Waals surface area (Å²) < 4.78 is 45.7. The number of amides is 2. The van der Waals surface area contributed by atoms with Crippen molar-refractivity contribution in [3.05, 3.63) is 41.5 Å². The molecule has 1 spiro atoms. The molecule has 0 radical (unpaired) electrons. The van der Waals surface area contributed by atoms with Crippen molar-refractivity contribution >= 4 is 6.03 Å². The lowest BCUT2D eigenvalue weighted by atomic mass is 9.61. The Morgan fingerprint density at radius 1 is 1.22 bits per heavy atom. The number of urea groups is 1. The molecule has 2 saturated heterocycles. The number of rotatable bonds is 6. The van der Waals surface area contributed by atoms with Gasteiger partial charge < -0.3 is 25.0 Å². The Hall–Kier alpha value is -2.86. The number of hydrogen-bond donors (Lipinski definition) is 2. The summed E-state index contributed by atoms with van der Waals surface area (Å²) in [6, 6.07) is 3.89. The van der Waals surface area contributed by atoms with Crippen LogP contribution in [0.1, 0.15) is 48.7 Å². The van der Waals surface area contributed by atoms with Gasteiger partial charge in [0, 0.05) is 49.7 Å². The van der Waals surface area contributed by atoms with Gasteiger partial charge >= 0.3 is 12.2 Å². The minimum absolute atomic E-state index is 0.0354. The average Bonchev–Trinajstić information content (AvgIpc) is 3.30. The number of halogens is 3. The van der Waals surface area contributed by atoms with Gasteiger partial charge in [-0.1, -0.05) is 6.07 Å². The normalized spacial score (nSPS) is 22.7. The third-order valence-corrected chi connectivity index (χ3v) is 8.03. The number of aliphatic hydroxyl groups is 1. The molecule has 6 rings (SSSR count). The van der Waals surface area contributed by atoms with Crippen LogP contribution >= 0.6 is 0 Å². The smallest absolute Gasteiger partial charge is 0.416 e. The predicted octanol–water partition coefficient (Wildman–Crippen LogP) is 2.52. The van der Waals surface area contributed by atoms with Crippen LogP contribution in [-0.4, -0.2) is 75.0 Å². The van der Waals surface area contributed by atoms with E-state index in [0.29, 0.717) is 31.0 Å². The van der Waals surface area contributed by atoms with Gasteiger partial charge in [0.1, 0.15) is 17.7 Å². The summed E-state index contributed by atoms with van der Waals surface area (Å²) in [5, 5.41) is 17.9. The zero-order chi connectivity index (χ0) is 25.3. The molecule has 2 amide bonds. The SMILES string of the molecule is COc1cc(C(F)(F)F)ccc1CNC1CN(C(=O)N2CC3(CC(n4cnc(C5(O)CC5)n4)C3)C2)C1. The largest absolute Gasteiger partial charge is 0.496 e. The minimum Gasteiger partial charge on any atom is -0.496 e. The fraction of sp³-hybridized carbons (Fsp3) is 0.625. The molecule has 194 valence electrons. The number of likely N-dealkylation sites (tertiary alicyclic amines) is 2. The maximum atomic E-state index is 12.9. The van der Waals surface area contributed by atoms with Crippen molar-refractivity contribution in [3.8, 4) is 5.75 Å². The molecule has 2 aliphatic heterocycles. The van der Waals surface area contributed by atoms with Crippen molar-refractivity contribution in [2.45, 2.75) is 56.1 Å². The van der Waals surface area contributed by atoms with E-state index in [9.17, 15) is 23.1 Å². The number of ether oxygens (including phenoxy) is 1. The molecule has 2 N–H and O–H groups in total. The topological polar surface area (TPSA) is 95.8 Å². The van der Waals surface area contributed by atoms with E-state index < -0.39 is 17.3 Å². The Balaban J connectivity index is 0.932. The average molecular weight is 507 g/mol. The van der Waals surface area contributed by atoms with Gasteiger partial charge in [-0.3, -0.25) is 0 Å². The van der Waals surface area contributed by atoms with Gasteiger partial charge in [0.15, 0.2) is 5.82 Å². The molecule has 12 heteroatoms. The van der Waals surface area contributed by atoms with Crippen LogP contribution in [0.3, 0.4) is 0 Å². The highest BCUT2D eigenvalue weighted by atomic mass is 19.4. The van der Waals surface area contributed by atoms with Gasteiger partial charge in [0.25, 0.3) is 0 Å². The van der Waals surface area contributed by atoms with Crippen LogP contribution in [0.25, 0.3) is 0 Å². The van der Waals surface area contributed by atoms with Crippen LogP contribution in [0, 0.1) is 5.41 Å². The summed E-state index contributed by atoms with van der Waals surface area (Å²) in [6.45, 7) is 2.98. The molecular weight excluding hydrogens is 477 g/mol. The van der Waals surface area contributed by atoms with Crippen molar-refractivity contribution in [2.24, 2.45) is 5.41 Å². The molecule has 1 aromatic carbocycles. The Labute approximate surface area is 206 Å². The fourth-order valence-electron chi connectivity index (χ4n) is 5.57. The number of methoxy groups -OCH3 is 1. The molecule has 36 heavy (non-hydrogen) atoms. The van der Waals surface area contributed by atoms with Crippen LogP contribution < -0.4 is 10.1 Å². The zero-order valence-corrected chi connectivity index (χ0v) is 20.0. The summed E-state index contributed by atoms with van der Waals surface area (Å²) in [5.41, 5.74) is -0.758. The zero-order valence-electron chi connectivity index (χ0n) is 20.0. The third-order valence-electron chi connectivity index (χ3n) is 8.03. The highest BCUT2D eigenvalue weighted by Crippen LogP contribution is 2.54. The highest BCUT2D eigenvalue weighted by Gasteiger charge is 2.56. The first-order valence-electron chi connectivity index (χ1n) is 12.2. The molecule has 2 aliphatic carbocycles. The number of hydrogen-bond acceptors (Lipinski definition) is 6. The lowest BCUT2D eigenvalue weighted by Crippen LogP contribution is -2.69. The van der Waals surface area contributed by atoms with Gasteiger partial charge in [-0.15, -0.1) is 0 Å². The molecule has 2 aromatic rings. The molecule has 0 atom stereocenters. The molecule has 4 aliphatic rings. The van der Waals surface area contributed by atoms with Gasteiger partial charge in [-0.25, -0.2) is 14.5 Å². The summed E-state index contributed by atoms with van der Waals surface area (Å²) >= 11 is 0. The predicted molar refractivity (Wildman–Crippen MR) is 121 cm³/mol. The monoisotopic (exact) mass is 506 g/mol. The maximum absolute atomic E-state index is 12.9. The standard InChI is InChI=1S/C24H29F3N6O3/c1-36-19-6-16(24(25,26)27)3-2-15(19)9-28-17-10-31(11-17)21(34)32-12-22(13-32)7-18(8-22)33-14-29-20(30-33)23(35)4-5-23/h2-3,6,14,17-18,28,35H,4-5,7-13H2,1H3. The number of nitrogens with one attached hydrogen (secondary N) is 1. The number of alkyl halides is 3. The van der Waals surface area contributed by atoms with E-state index in [1.807, 2.05) is 9.58 Å². The molecule has 3 heterocycles. The molecule has 4 fully saturated rings. The molecule has 0 unspecified atom stereocenters. The van der Waals surface area contributed by atoms with Crippen molar-refractivity contribution in [1.29, 1.82) is 0 Å². The van der Waals surface area contributed by atoms with Crippen LogP contribution in [0.4, 0.5) is 18.0 Å². The lowest BCUT2D eigenvalue weighted by molar-refractivity contribution is -0.137. The number of carbonyl (C=O) groups is 1. The number of aromatic nitrogens is 3. The van der Waals surface area contributed by atoms with E-state index in [1.54, 1.807) is 11.2 Å². The molecule has 2 saturated carbocycles. The summed E-state index contributed by atoms with van der Waals surface area (Å²) in [6.07, 6.45) is 0.646. The summed E-state index contributed by atoms with van der Waals surface area (Å²) in [4.78, 5) is 20.7. The van der Waals surface area contributed by atoms with E-state index in [0.717, 1.165) is 50.9 Å². The molecule has 9 nitrogen and oxygen atoms in total. The maximum Gasteiger partial charge on any atom is 0.416 e. The highest BCUT2D eigenvalue weighted by molar-refractivity contribution is 5.76. The number of benzene rings is 1. The molecule has 1 aromatic heterocycles. The Morgan fingerprint density at radius 2 is 1.94 bits per heavy atom. The van der Waals surface area contributed by atoms with Crippen LogP contribution in [0.2, 0.25) is 0 Å². The quantitative estimate of drug-likeness (QED) is 0.625. The van der Waals surface area contributed by atoms with E-state index >= 15 is 0 Å². The van der Waals surface area contributed by atoms with Gasteiger partial charge in [0.05, 0.1) is 18.7 Å². The van der Waals surface area contributed by atoms with Crippen molar-refractivity contribution < 1.29 is 27.8 Å². The van der Waals surface area contributed by atoms with Crippen LogP contribution in [0.5, 0.6) is 5.75 Å². The summed E-state index contributed by atoms with van der Waals surface area (Å²) in [7, 11) is 1.36. The second-order valence-corrected chi connectivity index (χ2v) is 10.8. The third kappa shape index (κ3) is 4.09. The van der Waals surface area contributed by atoms with E-state index in [4.69, 9.17) is 4.74 Å². The van der Waals surface area contributed by atoms with E-state index in [-0.39, 0.29) is 29.3 Å². The number of carbonyl (C=O) groups excluding carboxylic acids is 1.